The molecule has 4 rings (SSSR count). The van der Waals surface area contributed by atoms with Crippen molar-refractivity contribution in [2.45, 2.75) is 32.6 Å². The van der Waals surface area contributed by atoms with E-state index in [0.717, 1.165) is 32.4 Å². The van der Waals surface area contributed by atoms with Gasteiger partial charge in [0, 0.05) is 18.7 Å². The third kappa shape index (κ3) is 4.34. The van der Waals surface area contributed by atoms with E-state index in [9.17, 15) is 9.90 Å². The van der Waals surface area contributed by atoms with Gasteiger partial charge < -0.3 is 10.0 Å². The molecule has 1 aliphatic heterocycles. The summed E-state index contributed by atoms with van der Waals surface area (Å²) < 4.78 is 0. The molecule has 0 unspecified atom stereocenters. The van der Waals surface area contributed by atoms with E-state index < -0.39 is 0 Å². The van der Waals surface area contributed by atoms with Crippen molar-refractivity contribution in [3.05, 3.63) is 71.4 Å². The highest BCUT2D eigenvalue weighted by Gasteiger charge is 2.26. The number of hydrogen-bond donors (Lipinski definition) is 2. The van der Waals surface area contributed by atoms with E-state index >= 15 is 0 Å². The number of phenolic OH excluding ortho intramolecular Hbond substituents is 1. The van der Waals surface area contributed by atoms with Crippen LogP contribution in [-0.4, -0.2) is 39.2 Å². The molecule has 1 saturated heterocycles. The zero-order valence-corrected chi connectivity index (χ0v) is 16.8. The van der Waals surface area contributed by atoms with Crippen LogP contribution in [0.2, 0.25) is 0 Å². The maximum absolute atomic E-state index is 13.0. The number of H-pyrrole nitrogens is 1. The number of aromatic hydroxyl groups is 1. The first-order valence-corrected chi connectivity index (χ1v) is 10.3. The van der Waals surface area contributed by atoms with Crippen LogP contribution in [0.3, 0.4) is 0 Å². The van der Waals surface area contributed by atoms with Gasteiger partial charge in [-0.2, -0.15) is 5.10 Å². The second-order valence-electron chi connectivity index (χ2n) is 7.91. The zero-order chi connectivity index (χ0) is 20.2. The normalized spacial score (nSPS) is 16.7. The predicted octanol–water partition coefficient (Wildman–Crippen LogP) is 4.58. The van der Waals surface area contributed by atoms with Crippen molar-refractivity contribution >= 4 is 5.91 Å². The second kappa shape index (κ2) is 8.52. The molecule has 150 valence electrons. The van der Waals surface area contributed by atoms with Crippen molar-refractivity contribution in [1.82, 2.24) is 15.1 Å². The van der Waals surface area contributed by atoms with Crippen LogP contribution in [0.4, 0.5) is 0 Å². The van der Waals surface area contributed by atoms with Crippen LogP contribution in [0.5, 0.6) is 5.75 Å². The zero-order valence-electron chi connectivity index (χ0n) is 16.8. The van der Waals surface area contributed by atoms with Gasteiger partial charge in [0.05, 0.1) is 5.69 Å². The van der Waals surface area contributed by atoms with Crippen molar-refractivity contribution in [2.75, 3.05) is 13.1 Å². The molecule has 2 aromatic carbocycles. The van der Waals surface area contributed by atoms with E-state index in [1.165, 1.54) is 17.5 Å². The number of carbonyl (C=O) groups excluding carboxylic acids is 1. The highest BCUT2D eigenvalue weighted by molar-refractivity contribution is 5.93. The molecule has 2 N–H and O–H groups in total. The average molecular weight is 389 g/mol. The summed E-state index contributed by atoms with van der Waals surface area (Å²) >= 11 is 0. The second-order valence-corrected chi connectivity index (χ2v) is 7.91. The Bertz CT molecular complexity index is 995. The first-order valence-electron chi connectivity index (χ1n) is 10.3. The van der Waals surface area contributed by atoms with Crippen molar-refractivity contribution in [2.24, 2.45) is 5.92 Å². The molecule has 0 saturated carbocycles. The summed E-state index contributed by atoms with van der Waals surface area (Å²) in [7, 11) is 0. The van der Waals surface area contributed by atoms with Crippen LogP contribution in [0, 0.1) is 12.8 Å². The van der Waals surface area contributed by atoms with E-state index in [1.54, 1.807) is 24.3 Å². The Morgan fingerprint density at radius 2 is 2.00 bits per heavy atom. The molecule has 0 radical (unpaired) electrons. The van der Waals surface area contributed by atoms with E-state index in [0.29, 0.717) is 22.9 Å². The number of aromatic amines is 1. The quantitative estimate of drug-likeness (QED) is 0.671. The van der Waals surface area contributed by atoms with Gasteiger partial charge in [0.1, 0.15) is 11.4 Å². The number of benzene rings is 2. The molecule has 3 aromatic rings. The minimum atomic E-state index is -0.0141. The minimum Gasteiger partial charge on any atom is -0.507 e. The molecular formula is C24H27N3O2. The maximum atomic E-state index is 13.0. The van der Waals surface area contributed by atoms with Crippen molar-refractivity contribution < 1.29 is 9.90 Å². The standard InChI is InChI=1S/C24H27N3O2/c1-17-7-2-3-9-19(17)13-12-18-8-6-14-27(16-18)24(29)22-15-21(25-26-22)20-10-4-5-11-23(20)28/h2-5,7,9-11,15,18,28H,6,8,12-14,16H2,1H3,(H,25,26)/t18-/m1/s1. The number of likely N-dealkylation sites (tertiary alicyclic amines) is 1. The summed E-state index contributed by atoms with van der Waals surface area (Å²) in [6, 6.07) is 17.3. The van der Waals surface area contributed by atoms with Gasteiger partial charge in [0.2, 0.25) is 0 Å². The fourth-order valence-electron chi connectivity index (χ4n) is 4.17. The number of piperidine rings is 1. The smallest absolute Gasteiger partial charge is 0.271 e. The SMILES string of the molecule is Cc1ccccc1CC[C@H]1CCCN(C(=O)c2cc(-c3ccccc3O)n[nH]2)C1. The lowest BCUT2D eigenvalue weighted by molar-refractivity contribution is 0.0662. The largest absolute Gasteiger partial charge is 0.507 e. The summed E-state index contributed by atoms with van der Waals surface area (Å²) in [4.78, 5) is 14.9. The summed E-state index contributed by atoms with van der Waals surface area (Å²) in [6.07, 6.45) is 4.36. The molecule has 0 spiro atoms. The number of hydrogen-bond acceptors (Lipinski definition) is 3. The van der Waals surface area contributed by atoms with Gasteiger partial charge >= 0.3 is 0 Å². The van der Waals surface area contributed by atoms with Gasteiger partial charge in [0.25, 0.3) is 5.91 Å². The third-order valence-electron chi connectivity index (χ3n) is 5.88. The number of aromatic nitrogens is 2. The molecular weight excluding hydrogens is 362 g/mol. The monoisotopic (exact) mass is 389 g/mol. The van der Waals surface area contributed by atoms with Gasteiger partial charge in [-0.05, 0) is 67.9 Å². The molecule has 5 heteroatoms. The Morgan fingerprint density at radius 3 is 2.83 bits per heavy atom. The van der Waals surface area contributed by atoms with Crippen LogP contribution in [0.25, 0.3) is 11.3 Å². The fraction of sp³-hybridized carbons (Fsp3) is 0.333. The number of amides is 1. The van der Waals surface area contributed by atoms with Crippen molar-refractivity contribution in [3.63, 3.8) is 0 Å². The van der Waals surface area contributed by atoms with E-state index in [-0.39, 0.29) is 11.7 Å². The molecule has 0 bridgehead atoms. The van der Waals surface area contributed by atoms with Crippen molar-refractivity contribution in [3.8, 4) is 17.0 Å². The van der Waals surface area contributed by atoms with Crippen LogP contribution >= 0.6 is 0 Å². The van der Waals surface area contributed by atoms with E-state index in [1.807, 2.05) is 11.0 Å². The topological polar surface area (TPSA) is 69.2 Å². The Kier molecular flexibility index (Phi) is 5.65. The number of phenols is 1. The molecule has 29 heavy (non-hydrogen) atoms. The lowest BCUT2D eigenvalue weighted by atomic mass is 9.90. The van der Waals surface area contributed by atoms with E-state index in [2.05, 4.69) is 41.4 Å². The third-order valence-corrected chi connectivity index (χ3v) is 5.88. The first kappa shape index (κ1) is 19.2. The first-order chi connectivity index (χ1) is 14.1. The average Bonchev–Trinajstić information content (AvgIpc) is 3.23. The van der Waals surface area contributed by atoms with Crippen LogP contribution in [-0.2, 0) is 6.42 Å². The van der Waals surface area contributed by atoms with Gasteiger partial charge in [-0.1, -0.05) is 36.4 Å². The molecule has 2 heterocycles. The number of nitrogens with one attached hydrogen (secondary N) is 1. The Balaban J connectivity index is 1.40. The molecule has 1 aliphatic rings. The van der Waals surface area contributed by atoms with Crippen LogP contribution in [0.15, 0.2) is 54.6 Å². The Labute approximate surface area is 171 Å². The molecule has 1 amide bonds. The van der Waals surface area contributed by atoms with Gasteiger partial charge in [-0.3, -0.25) is 9.89 Å². The summed E-state index contributed by atoms with van der Waals surface area (Å²) in [5.41, 5.74) is 4.42. The molecule has 1 aromatic heterocycles. The number of aryl methyl sites for hydroxylation is 2. The highest BCUT2D eigenvalue weighted by atomic mass is 16.3. The summed E-state index contributed by atoms with van der Waals surface area (Å²) in [5, 5.41) is 17.1. The predicted molar refractivity (Wildman–Crippen MR) is 114 cm³/mol. The number of rotatable bonds is 5. The number of carbonyl (C=O) groups is 1. The van der Waals surface area contributed by atoms with Gasteiger partial charge in [-0.25, -0.2) is 0 Å². The van der Waals surface area contributed by atoms with Gasteiger partial charge in [0.15, 0.2) is 0 Å². The fourth-order valence-corrected chi connectivity index (χ4v) is 4.17. The van der Waals surface area contributed by atoms with Crippen LogP contribution in [0.1, 0.15) is 40.9 Å². The minimum absolute atomic E-state index is 0.0141. The highest BCUT2D eigenvalue weighted by Crippen LogP contribution is 2.28. The molecule has 5 nitrogen and oxygen atoms in total. The summed E-state index contributed by atoms with van der Waals surface area (Å²) in [6.45, 7) is 3.73. The number of nitrogens with zero attached hydrogens (tertiary/aromatic N) is 2. The lowest BCUT2D eigenvalue weighted by Gasteiger charge is -2.32. The molecule has 1 atom stereocenters. The lowest BCUT2D eigenvalue weighted by Crippen LogP contribution is -2.40. The Morgan fingerprint density at radius 1 is 1.21 bits per heavy atom. The van der Waals surface area contributed by atoms with Crippen molar-refractivity contribution in [1.29, 1.82) is 0 Å². The molecule has 0 aliphatic carbocycles. The number of para-hydroxylation sites is 1. The Hall–Kier alpha value is -3.08. The van der Waals surface area contributed by atoms with Gasteiger partial charge in [-0.15, -0.1) is 0 Å². The summed E-state index contributed by atoms with van der Waals surface area (Å²) in [5.74, 6) is 0.667. The van der Waals surface area contributed by atoms with Crippen LogP contribution < -0.4 is 0 Å². The van der Waals surface area contributed by atoms with E-state index in [4.69, 9.17) is 0 Å². The molecule has 1 fully saturated rings. The maximum Gasteiger partial charge on any atom is 0.271 e.